The molecule has 0 saturated heterocycles. The van der Waals surface area contributed by atoms with Crippen LogP contribution in [0.5, 0.6) is 0 Å². The van der Waals surface area contributed by atoms with E-state index in [0.29, 0.717) is 11.3 Å². The fourth-order valence-corrected chi connectivity index (χ4v) is 3.28. The number of amides is 3. The smallest absolute Gasteiger partial charge is 0.261 e. The van der Waals surface area contributed by atoms with Crippen LogP contribution in [-0.2, 0) is 13.1 Å². The van der Waals surface area contributed by atoms with Gasteiger partial charge in [0.15, 0.2) is 0 Å². The van der Waals surface area contributed by atoms with Gasteiger partial charge in [0.2, 0.25) is 0 Å². The highest BCUT2D eigenvalue weighted by Crippen LogP contribution is 2.26. The summed E-state index contributed by atoms with van der Waals surface area (Å²) in [5, 5.41) is 0. The summed E-state index contributed by atoms with van der Waals surface area (Å²) in [6.45, 7) is 0.320. The third-order valence-electron chi connectivity index (χ3n) is 4.79. The van der Waals surface area contributed by atoms with Crippen LogP contribution in [0.3, 0.4) is 0 Å². The third-order valence-corrected chi connectivity index (χ3v) is 4.79. The number of nitrogens with zero attached hydrogens (tertiary/aromatic N) is 2. The monoisotopic (exact) mass is 392 g/mol. The number of fused-ring (bicyclic) bond motifs is 1. The van der Waals surface area contributed by atoms with Crippen molar-refractivity contribution in [1.82, 2.24) is 9.80 Å². The van der Waals surface area contributed by atoms with E-state index >= 15 is 0 Å². The molecule has 1 aliphatic heterocycles. The molecule has 0 fully saturated rings. The Balaban J connectivity index is 1.53. The SMILES string of the molecule is CN(Cc1ccc(F)cc1)C(=O)c1ccc2c(c1)C(=O)N(Cc1ccco1)C2=O. The van der Waals surface area contributed by atoms with Crippen molar-refractivity contribution in [2.75, 3.05) is 7.05 Å². The number of imide groups is 1. The van der Waals surface area contributed by atoms with Crippen molar-refractivity contribution in [3.05, 3.63) is 94.7 Å². The predicted octanol–water partition coefficient (Wildman–Crippen LogP) is 3.49. The summed E-state index contributed by atoms with van der Waals surface area (Å²) in [4.78, 5) is 40.6. The fourth-order valence-electron chi connectivity index (χ4n) is 3.28. The standard InChI is InChI=1S/C22H17FN2O4/c1-24(12-14-4-7-16(23)8-5-14)20(26)15-6-9-18-19(11-15)22(28)25(21(18)27)13-17-3-2-10-29-17/h2-11H,12-13H2,1H3. The van der Waals surface area contributed by atoms with Gasteiger partial charge in [-0.1, -0.05) is 12.1 Å². The normalized spacial score (nSPS) is 13.0. The molecular weight excluding hydrogens is 375 g/mol. The molecule has 29 heavy (non-hydrogen) atoms. The minimum Gasteiger partial charge on any atom is -0.467 e. The first-order valence-electron chi connectivity index (χ1n) is 8.96. The maximum absolute atomic E-state index is 13.0. The molecule has 3 aromatic rings. The first kappa shape index (κ1) is 18.6. The number of halogens is 1. The zero-order chi connectivity index (χ0) is 20.5. The second-order valence-corrected chi connectivity index (χ2v) is 6.82. The highest BCUT2D eigenvalue weighted by atomic mass is 19.1. The first-order valence-corrected chi connectivity index (χ1v) is 8.96. The van der Waals surface area contributed by atoms with E-state index in [1.165, 1.54) is 41.5 Å². The molecule has 2 heterocycles. The summed E-state index contributed by atoms with van der Waals surface area (Å²) in [5.74, 6) is -1.03. The lowest BCUT2D eigenvalue weighted by molar-refractivity contribution is 0.0631. The molecular formula is C22H17FN2O4. The molecule has 7 heteroatoms. The van der Waals surface area contributed by atoms with E-state index in [9.17, 15) is 18.8 Å². The Bertz CT molecular complexity index is 1090. The van der Waals surface area contributed by atoms with Crippen LogP contribution < -0.4 is 0 Å². The quantitative estimate of drug-likeness (QED) is 0.623. The molecule has 3 amide bonds. The number of carbonyl (C=O) groups excluding carboxylic acids is 3. The van der Waals surface area contributed by atoms with Crippen molar-refractivity contribution < 1.29 is 23.2 Å². The molecule has 0 unspecified atom stereocenters. The van der Waals surface area contributed by atoms with Gasteiger partial charge < -0.3 is 9.32 Å². The van der Waals surface area contributed by atoms with E-state index in [1.807, 2.05) is 0 Å². The number of benzene rings is 2. The number of carbonyl (C=O) groups is 3. The second-order valence-electron chi connectivity index (χ2n) is 6.82. The van der Waals surface area contributed by atoms with E-state index < -0.39 is 11.8 Å². The van der Waals surface area contributed by atoms with Crippen LogP contribution in [0.15, 0.2) is 65.3 Å². The molecule has 0 saturated carbocycles. The molecule has 0 N–H and O–H groups in total. The van der Waals surface area contributed by atoms with Gasteiger partial charge in [-0.05, 0) is 48.0 Å². The van der Waals surface area contributed by atoms with E-state index in [2.05, 4.69) is 0 Å². The van der Waals surface area contributed by atoms with Crippen molar-refractivity contribution in [3.63, 3.8) is 0 Å². The average molecular weight is 392 g/mol. The van der Waals surface area contributed by atoms with Crippen molar-refractivity contribution in [2.45, 2.75) is 13.1 Å². The number of rotatable bonds is 5. The van der Waals surface area contributed by atoms with Gasteiger partial charge in [0.25, 0.3) is 17.7 Å². The topological polar surface area (TPSA) is 70.8 Å². The Morgan fingerprint density at radius 2 is 1.76 bits per heavy atom. The van der Waals surface area contributed by atoms with Crippen LogP contribution >= 0.6 is 0 Å². The summed E-state index contributed by atoms with van der Waals surface area (Å²) in [5.41, 5.74) is 1.54. The second kappa shape index (κ2) is 7.35. The summed E-state index contributed by atoms with van der Waals surface area (Å²) in [7, 11) is 1.62. The summed E-state index contributed by atoms with van der Waals surface area (Å²) in [6, 6.07) is 13.7. The summed E-state index contributed by atoms with van der Waals surface area (Å²) >= 11 is 0. The summed E-state index contributed by atoms with van der Waals surface area (Å²) in [6.07, 6.45) is 1.47. The maximum atomic E-state index is 13.0. The molecule has 0 radical (unpaired) electrons. The Kier molecular flexibility index (Phi) is 4.72. The number of hydrogen-bond donors (Lipinski definition) is 0. The molecule has 0 atom stereocenters. The van der Waals surface area contributed by atoms with Crippen LogP contribution in [0.1, 0.15) is 42.4 Å². The van der Waals surface area contributed by atoms with Gasteiger partial charge in [-0.3, -0.25) is 19.3 Å². The Hall–Kier alpha value is -3.74. The third kappa shape index (κ3) is 3.54. The van der Waals surface area contributed by atoms with Gasteiger partial charge in [-0.2, -0.15) is 0 Å². The molecule has 0 bridgehead atoms. The van der Waals surface area contributed by atoms with Gasteiger partial charge >= 0.3 is 0 Å². The Morgan fingerprint density at radius 1 is 1.03 bits per heavy atom. The highest BCUT2D eigenvalue weighted by Gasteiger charge is 2.36. The van der Waals surface area contributed by atoms with Gasteiger partial charge in [0.1, 0.15) is 11.6 Å². The number of hydrogen-bond acceptors (Lipinski definition) is 4. The van der Waals surface area contributed by atoms with Crippen molar-refractivity contribution >= 4 is 17.7 Å². The van der Waals surface area contributed by atoms with E-state index in [0.717, 1.165) is 10.5 Å². The highest BCUT2D eigenvalue weighted by molar-refractivity contribution is 6.22. The molecule has 1 aliphatic rings. The first-order chi connectivity index (χ1) is 13.9. The van der Waals surface area contributed by atoms with Crippen LogP contribution in [0.2, 0.25) is 0 Å². The zero-order valence-corrected chi connectivity index (χ0v) is 15.6. The average Bonchev–Trinajstić information content (AvgIpc) is 3.32. The van der Waals surface area contributed by atoms with Gasteiger partial charge in [-0.15, -0.1) is 0 Å². The predicted molar refractivity (Wildman–Crippen MR) is 102 cm³/mol. The van der Waals surface area contributed by atoms with Crippen LogP contribution in [0.25, 0.3) is 0 Å². The van der Waals surface area contributed by atoms with E-state index in [-0.39, 0.29) is 35.9 Å². The van der Waals surface area contributed by atoms with Gasteiger partial charge in [0, 0.05) is 19.2 Å². The molecule has 4 rings (SSSR count). The Labute approximate surface area is 166 Å². The van der Waals surface area contributed by atoms with Gasteiger partial charge in [0.05, 0.1) is 23.9 Å². The zero-order valence-electron chi connectivity index (χ0n) is 15.6. The fraction of sp³-hybridized carbons (Fsp3) is 0.136. The molecule has 0 spiro atoms. The minimum absolute atomic E-state index is 0.0348. The molecule has 2 aromatic carbocycles. The van der Waals surface area contributed by atoms with Crippen molar-refractivity contribution in [2.24, 2.45) is 0 Å². The molecule has 6 nitrogen and oxygen atoms in total. The lowest BCUT2D eigenvalue weighted by atomic mass is 10.0. The van der Waals surface area contributed by atoms with Crippen molar-refractivity contribution in [3.8, 4) is 0 Å². The maximum Gasteiger partial charge on any atom is 0.261 e. The number of furan rings is 1. The lowest BCUT2D eigenvalue weighted by Crippen LogP contribution is -2.29. The Morgan fingerprint density at radius 3 is 2.45 bits per heavy atom. The van der Waals surface area contributed by atoms with E-state index in [1.54, 1.807) is 31.3 Å². The summed E-state index contributed by atoms with van der Waals surface area (Å²) < 4.78 is 18.3. The van der Waals surface area contributed by atoms with Crippen LogP contribution in [-0.4, -0.2) is 34.6 Å². The van der Waals surface area contributed by atoms with Crippen LogP contribution in [0.4, 0.5) is 4.39 Å². The minimum atomic E-state index is -0.461. The molecule has 146 valence electrons. The van der Waals surface area contributed by atoms with E-state index in [4.69, 9.17) is 4.42 Å². The molecule has 1 aromatic heterocycles. The van der Waals surface area contributed by atoms with Crippen molar-refractivity contribution in [1.29, 1.82) is 0 Å². The molecule has 0 aliphatic carbocycles. The van der Waals surface area contributed by atoms with Gasteiger partial charge in [-0.25, -0.2) is 4.39 Å². The van der Waals surface area contributed by atoms with Crippen LogP contribution in [0, 0.1) is 5.82 Å². The lowest BCUT2D eigenvalue weighted by Gasteiger charge is -2.17. The largest absolute Gasteiger partial charge is 0.467 e.